The molecule has 0 aromatic carbocycles. The summed E-state index contributed by atoms with van der Waals surface area (Å²) in [6, 6.07) is 0. The second kappa shape index (κ2) is 10.3. The van der Waals surface area contributed by atoms with Gasteiger partial charge in [-0.15, -0.1) is 0 Å². The molecule has 0 radical (unpaired) electrons. The first-order valence-electron chi connectivity index (χ1n) is 7.06. The van der Waals surface area contributed by atoms with Crippen molar-refractivity contribution in [3.8, 4) is 0 Å². The van der Waals surface area contributed by atoms with Crippen LogP contribution in [0.2, 0.25) is 0 Å². The van der Waals surface area contributed by atoms with Gasteiger partial charge in [-0.25, -0.2) is 0 Å². The van der Waals surface area contributed by atoms with Crippen LogP contribution in [0.1, 0.15) is 22.1 Å². The summed E-state index contributed by atoms with van der Waals surface area (Å²) in [5.41, 5.74) is 0. The van der Waals surface area contributed by atoms with Crippen molar-refractivity contribution in [1.82, 2.24) is 0 Å². The molecule has 0 amide bonds. The third kappa shape index (κ3) is 8.05. The topological polar surface area (TPSA) is 125 Å². The number of carbonyl (C=O) groups is 4. The summed E-state index contributed by atoms with van der Waals surface area (Å²) in [4.78, 5) is 45.0. The van der Waals surface area contributed by atoms with Crippen molar-refractivity contribution in [1.29, 1.82) is 0 Å². The van der Waals surface area contributed by atoms with Crippen molar-refractivity contribution in [2.45, 2.75) is 45.2 Å². The van der Waals surface area contributed by atoms with Crippen LogP contribution >= 0.6 is 15.9 Å². The first-order chi connectivity index (χ1) is 11.1. The van der Waals surface area contributed by atoms with Gasteiger partial charge in [0.2, 0.25) is 10.8 Å². The molecule has 0 fully saturated rings. The lowest BCUT2D eigenvalue weighted by molar-refractivity contribution is -0.188. The number of esters is 3. The van der Waals surface area contributed by atoms with E-state index in [4.69, 9.17) is 15.6 Å². The van der Waals surface area contributed by atoms with Gasteiger partial charge in [0.25, 0.3) is 0 Å². The van der Waals surface area contributed by atoms with Crippen LogP contribution in [0, 0.1) is 0 Å². The Kier molecular flexibility index (Phi) is 8.74. The third-order valence-electron chi connectivity index (χ3n) is 2.47. The van der Waals surface area contributed by atoms with E-state index in [2.05, 4.69) is 20.7 Å². The van der Waals surface area contributed by atoms with E-state index in [0.29, 0.717) is 0 Å². The highest BCUT2D eigenvalue weighted by atomic mass is 79.9. The maximum atomic E-state index is 11.7. The Balaban J connectivity index is 5.55. The second-order valence-electron chi connectivity index (χ2n) is 4.41. The standard InChI is InChI=1S/C13H19BrO9/c1-6(15)21-5-9(18)10(20-4)11(22-7(2)16)12(13(14)19)23-8(3)17/h9-12,18H,5H2,1-4H3/t9-,10-,11+,12-/m1/s1/i4D. The van der Waals surface area contributed by atoms with Crippen molar-refractivity contribution in [2.24, 2.45) is 0 Å². The highest BCUT2D eigenvalue weighted by Crippen LogP contribution is 2.19. The number of methoxy groups -OCH3 is 1. The van der Waals surface area contributed by atoms with Gasteiger partial charge in [0.15, 0.2) is 6.10 Å². The molecule has 1 N–H and O–H groups in total. The summed E-state index contributed by atoms with van der Waals surface area (Å²) in [7, 11) is -0.664. The van der Waals surface area contributed by atoms with Crippen molar-refractivity contribution < 1.29 is 44.6 Å². The molecule has 0 aromatic heterocycles. The Hall–Kier alpha value is -1.52. The molecule has 0 rings (SSSR count). The summed E-state index contributed by atoms with van der Waals surface area (Å²) >= 11 is 2.61. The van der Waals surface area contributed by atoms with Gasteiger partial charge in [0.05, 0.1) is 1.37 Å². The summed E-state index contributed by atoms with van der Waals surface area (Å²) in [6.07, 6.45) is -6.20. The van der Waals surface area contributed by atoms with E-state index in [0.717, 1.165) is 20.8 Å². The van der Waals surface area contributed by atoms with Gasteiger partial charge in [0, 0.05) is 27.9 Å². The van der Waals surface area contributed by atoms with Crippen LogP contribution in [-0.4, -0.2) is 65.8 Å². The molecule has 0 saturated carbocycles. The molecule has 0 unspecified atom stereocenters. The quantitative estimate of drug-likeness (QED) is 0.316. The van der Waals surface area contributed by atoms with E-state index < -0.39 is 60.7 Å². The normalized spacial score (nSPS) is 16.3. The molecule has 0 aromatic rings. The largest absolute Gasteiger partial charge is 0.463 e. The first kappa shape index (κ1) is 19.5. The summed E-state index contributed by atoms with van der Waals surface area (Å²) in [6.45, 7) is 2.64. The number of ether oxygens (including phenoxy) is 4. The van der Waals surface area contributed by atoms with E-state index in [-0.39, 0.29) is 0 Å². The summed E-state index contributed by atoms with van der Waals surface area (Å²) in [5, 5.41) is 10.1. The monoisotopic (exact) mass is 399 g/mol. The van der Waals surface area contributed by atoms with Crippen LogP contribution in [0.4, 0.5) is 0 Å². The number of hydrogen-bond acceptors (Lipinski definition) is 9. The van der Waals surface area contributed by atoms with Crippen molar-refractivity contribution in [3.05, 3.63) is 0 Å². The van der Waals surface area contributed by atoms with Crippen molar-refractivity contribution in [2.75, 3.05) is 13.7 Å². The Morgan fingerprint density at radius 2 is 1.61 bits per heavy atom. The predicted molar refractivity (Wildman–Crippen MR) is 78.5 cm³/mol. The van der Waals surface area contributed by atoms with E-state index >= 15 is 0 Å². The molecule has 4 atom stereocenters. The van der Waals surface area contributed by atoms with Gasteiger partial charge in [-0.3, -0.25) is 19.2 Å². The molecule has 132 valence electrons. The zero-order chi connectivity index (χ0) is 18.9. The molecule has 0 spiro atoms. The summed E-state index contributed by atoms with van der Waals surface area (Å²) < 4.78 is 25.7. The lowest BCUT2D eigenvalue weighted by Gasteiger charge is -2.32. The number of aliphatic hydroxyl groups excluding tert-OH is 1. The first-order valence-corrected chi connectivity index (χ1v) is 7.15. The minimum absolute atomic E-state index is 0.541. The highest BCUT2D eigenvalue weighted by molar-refractivity contribution is 9.18. The van der Waals surface area contributed by atoms with Crippen LogP contribution in [0.3, 0.4) is 0 Å². The number of aliphatic hydroxyl groups is 1. The Morgan fingerprint density at radius 3 is 2.00 bits per heavy atom. The fourth-order valence-electron chi connectivity index (χ4n) is 1.64. The molecule has 0 aliphatic heterocycles. The van der Waals surface area contributed by atoms with Crippen molar-refractivity contribution >= 4 is 38.5 Å². The lowest BCUT2D eigenvalue weighted by Crippen LogP contribution is -2.52. The van der Waals surface area contributed by atoms with Gasteiger partial charge in [0.1, 0.15) is 18.8 Å². The SMILES string of the molecule is [2H]CO[C@@H]([C@H](OC(C)=O)[C@@H](OC(C)=O)C(=O)Br)[C@H](O)COC(C)=O. The maximum Gasteiger partial charge on any atom is 0.303 e. The third-order valence-corrected chi connectivity index (χ3v) is 2.92. The smallest absolute Gasteiger partial charge is 0.303 e. The number of carbonyl (C=O) groups excluding carboxylic acids is 4. The lowest BCUT2D eigenvalue weighted by atomic mass is 10.0. The molecular weight excluding hydrogens is 380 g/mol. The number of halogens is 1. The van der Waals surface area contributed by atoms with Gasteiger partial charge in [-0.2, -0.15) is 0 Å². The van der Waals surface area contributed by atoms with Gasteiger partial charge >= 0.3 is 17.9 Å². The second-order valence-corrected chi connectivity index (χ2v) is 5.19. The summed E-state index contributed by atoms with van der Waals surface area (Å²) in [5.74, 6) is -2.37. The molecule has 23 heavy (non-hydrogen) atoms. The minimum Gasteiger partial charge on any atom is -0.463 e. The number of hydrogen-bond donors (Lipinski definition) is 1. The fraction of sp³-hybridized carbons (Fsp3) is 0.692. The predicted octanol–water partition coefficient (Wildman–Crippen LogP) is -0.290. The zero-order valence-electron chi connectivity index (χ0n) is 13.8. The van der Waals surface area contributed by atoms with Crippen molar-refractivity contribution in [3.63, 3.8) is 0 Å². The average molecular weight is 400 g/mol. The van der Waals surface area contributed by atoms with Gasteiger partial charge in [-0.1, -0.05) is 0 Å². The van der Waals surface area contributed by atoms with E-state index in [1.54, 1.807) is 0 Å². The molecule has 0 aliphatic carbocycles. The highest BCUT2D eigenvalue weighted by Gasteiger charge is 2.42. The molecule has 9 nitrogen and oxygen atoms in total. The van der Waals surface area contributed by atoms with E-state index in [9.17, 15) is 24.3 Å². The van der Waals surface area contributed by atoms with Crippen LogP contribution < -0.4 is 0 Å². The fourth-order valence-corrected chi connectivity index (χ4v) is 1.99. The zero-order valence-corrected chi connectivity index (χ0v) is 14.4. The number of rotatable bonds is 9. The average Bonchev–Trinajstić information content (AvgIpc) is 2.45. The van der Waals surface area contributed by atoms with Crippen LogP contribution in [0.25, 0.3) is 0 Å². The molecule has 0 bridgehead atoms. The van der Waals surface area contributed by atoms with E-state index in [1.807, 2.05) is 0 Å². The Morgan fingerprint density at radius 1 is 1.04 bits per heavy atom. The minimum atomic E-state index is -1.63. The van der Waals surface area contributed by atoms with Crippen LogP contribution in [0.5, 0.6) is 0 Å². The van der Waals surface area contributed by atoms with Gasteiger partial charge in [-0.05, 0) is 15.9 Å². The molecule has 0 heterocycles. The molecule has 0 aliphatic rings. The van der Waals surface area contributed by atoms with Crippen LogP contribution in [-0.2, 0) is 38.1 Å². The van der Waals surface area contributed by atoms with Crippen LogP contribution in [0.15, 0.2) is 0 Å². The maximum absolute atomic E-state index is 11.7. The molecular formula is C13H19BrO9. The Labute approximate surface area is 142 Å². The van der Waals surface area contributed by atoms with E-state index in [1.165, 1.54) is 0 Å². The molecule has 0 saturated heterocycles. The Bertz CT molecular complexity index is 470. The van der Waals surface area contributed by atoms with Gasteiger partial charge < -0.3 is 24.1 Å². The molecule has 10 heteroatoms.